The number of rotatable bonds is 6. The Balaban J connectivity index is 2.25. The minimum Gasteiger partial charge on any atom is -0.346 e. The molecule has 24 heavy (non-hydrogen) atoms. The molecule has 2 nitrogen and oxygen atoms in total. The molecule has 0 fully saturated rings. The van der Waals surface area contributed by atoms with Gasteiger partial charge >= 0.3 is 6.18 Å². The molecule has 130 valence electrons. The summed E-state index contributed by atoms with van der Waals surface area (Å²) in [5.74, 6) is -0.831. The van der Waals surface area contributed by atoms with Gasteiger partial charge in [-0.05, 0) is 44.0 Å². The molecule has 0 aromatic heterocycles. The molecule has 0 bridgehead atoms. The van der Waals surface area contributed by atoms with Crippen LogP contribution < -0.4 is 0 Å². The molecule has 2 rings (SSSR count). The van der Waals surface area contributed by atoms with Crippen LogP contribution in [0.2, 0.25) is 0 Å². The average Bonchev–Trinajstić information content (AvgIpc) is 2.55. The smallest absolute Gasteiger partial charge is 0.346 e. The minimum absolute atomic E-state index is 0.511. The fraction of sp³-hybridized carbons (Fsp3) is 0.368. The normalized spacial score (nSPS) is 12.4. The maximum atomic E-state index is 12.6. The average molecular weight is 338 g/mol. The molecule has 0 saturated carbocycles. The van der Waals surface area contributed by atoms with E-state index in [1.807, 2.05) is 45.0 Å². The number of hydrogen-bond donors (Lipinski definition) is 0. The number of alkyl halides is 3. The standard InChI is InChI=1S/C19H21F3O2/c1-4-23-18(3,24-5-2)16-10-6-14(7-11-16)15-8-12-17(13-9-15)19(20,21)22/h6-13H,4-5H2,1-3H3. The molecule has 0 atom stereocenters. The van der Waals surface area contributed by atoms with Crippen molar-refractivity contribution >= 4 is 0 Å². The Morgan fingerprint density at radius 3 is 1.42 bits per heavy atom. The first-order chi connectivity index (χ1) is 11.3. The number of halogens is 3. The lowest BCUT2D eigenvalue weighted by atomic mass is 10.00. The van der Waals surface area contributed by atoms with Gasteiger partial charge in [0, 0.05) is 18.8 Å². The SMILES string of the molecule is CCOC(C)(OCC)c1ccc(-c2ccc(C(F)(F)F)cc2)cc1. The fourth-order valence-electron chi connectivity index (χ4n) is 2.58. The quantitative estimate of drug-likeness (QED) is 0.637. The predicted octanol–water partition coefficient (Wildman–Crippen LogP) is 5.62. The summed E-state index contributed by atoms with van der Waals surface area (Å²) in [6, 6.07) is 12.6. The third-order valence-electron chi connectivity index (χ3n) is 3.79. The molecule has 0 amide bonds. The molecule has 0 saturated heterocycles. The van der Waals surface area contributed by atoms with E-state index in [1.54, 1.807) is 0 Å². The Hall–Kier alpha value is -1.85. The monoisotopic (exact) mass is 338 g/mol. The lowest BCUT2D eigenvalue weighted by Gasteiger charge is -2.29. The molecule has 0 radical (unpaired) electrons. The molecule has 0 spiro atoms. The van der Waals surface area contributed by atoms with Crippen LogP contribution in [-0.2, 0) is 21.4 Å². The second-order valence-corrected chi connectivity index (χ2v) is 5.46. The Morgan fingerprint density at radius 1 is 0.708 bits per heavy atom. The molecule has 5 heteroatoms. The summed E-state index contributed by atoms with van der Waals surface area (Å²) >= 11 is 0. The summed E-state index contributed by atoms with van der Waals surface area (Å²) in [5, 5.41) is 0. The zero-order valence-corrected chi connectivity index (χ0v) is 14.0. The molecular weight excluding hydrogens is 317 g/mol. The van der Waals surface area contributed by atoms with Crippen LogP contribution in [0, 0.1) is 0 Å². The van der Waals surface area contributed by atoms with Crippen molar-refractivity contribution in [3.8, 4) is 11.1 Å². The predicted molar refractivity (Wildman–Crippen MR) is 87.5 cm³/mol. The van der Waals surface area contributed by atoms with Crippen molar-refractivity contribution in [2.24, 2.45) is 0 Å². The Bertz CT molecular complexity index is 640. The van der Waals surface area contributed by atoms with Crippen LogP contribution >= 0.6 is 0 Å². The van der Waals surface area contributed by atoms with Gasteiger partial charge in [0.25, 0.3) is 0 Å². The molecule has 0 aliphatic rings. The lowest BCUT2D eigenvalue weighted by molar-refractivity contribution is -0.229. The first-order valence-electron chi connectivity index (χ1n) is 7.86. The van der Waals surface area contributed by atoms with Gasteiger partial charge in [0.2, 0.25) is 0 Å². The van der Waals surface area contributed by atoms with Crippen LogP contribution in [0.15, 0.2) is 48.5 Å². The summed E-state index contributed by atoms with van der Waals surface area (Å²) in [6.45, 7) is 6.67. The van der Waals surface area contributed by atoms with Crippen molar-refractivity contribution in [3.05, 3.63) is 59.7 Å². The van der Waals surface area contributed by atoms with Crippen LogP contribution in [0.1, 0.15) is 31.9 Å². The topological polar surface area (TPSA) is 18.5 Å². The number of benzene rings is 2. The number of hydrogen-bond acceptors (Lipinski definition) is 2. The van der Waals surface area contributed by atoms with E-state index in [0.29, 0.717) is 13.2 Å². The molecule has 2 aromatic carbocycles. The highest BCUT2D eigenvalue weighted by Crippen LogP contribution is 2.32. The first kappa shape index (κ1) is 18.5. The lowest BCUT2D eigenvalue weighted by Crippen LogP contribution is -2.29. The molecule has 0 N–H and O–H groups in total. The molecule has 0 aliphatic heterocycles. The largest absolute Gasteiger partial charge is 0.416 e. The summed E-state index contributed by atoms with van der Waals surface area (Å²) in [7, 11) is 0. The van der Waals surface area contributed by atoms with E-state index in [-0.39, 0.29) is 0 Å². The van der Waals surface area contributed by atoms with E-state index in [9.17, 15) is 13.2 Å². The Morgan fingerprint density at radius 2 is 1.08 bits per heavy atom. The second kappa shape index (κ2) is 7.36. The van der Waals surface area contributed by atoms with Gasteiger partial charge in [-0.25, -0.2) is 0 Å². The highest BCUT2D eigenvalue weighted by atomic mass is 19.4. The van der Waals surface area contributed by atoms with Crippen LogP contribution in [0.5, 0.6) is 0 Å². The maximum Gasteiger partial charge on any atom is 0.416 e. The number of ether oxygens (including phenoxy) is 2. The summed E-state index contributed by atoms with van der Waals surface area (Å²) < 4.78 is 49.3. The summed E-state index contributed by atoms with van der Waals surface area (Å²) in [5.41, 5.74) is 1.77. The molecule has 0 heterocycles. The van der Waals surface area contributed by atoms with Gasteiger partial charge in [0.1, 0.15) is 0 Å². The van der Waals surface area contributed by atoms with E-state index in [0.717, 1.165) is 28.8 Å². The van der Waals surface area contributed by atoms with Gasteiger partial charge in [-0.1, -0.05) is 36.4 Å². The highest BCUT2D eigenvalue weighted by molar-refractivity contribution is 5.64. The molecule has 0 unspecified atom stereocenters. The third kappa shape index (κ3) is 4.16. The van der Waals surface area contributed by atoms with Gasteiger partial charge in [0.05, 0.1) is 5.56 Å². The van der Waals surface area contributed by atoms with Gasteiger partial charge in [0.15, 0.2) is 5.79 Å². The van der Waals surface area contributed by atoms with Gasteiger partial charge in [-0.15, -0.1) is 0 Å². The van der Waals surface area contributed by atoms with Crippen LogP contribution in [0.25, 0.3) is 11.1 Å². The van der Waals surface area contributed by atoms with Crippen molar-refractivity contribution in [3.63, 3.8) is 0 Å². The Kier molecular flexibility index (Phi) is 5.67. The van der Waals surface area contributed by atoms with E-state index >= 15 is 0 Å². The van der Waals surface area contributed by atoms with E-state index in [4.69, 9.17) is 9.47 Å². The molecule has 0 aliphatic carbocycles. The first-order valence-corrected chi connectivity index (χ1v) is 7.86. The maximum absolute atomic E-state index is 12.6. The van der Waals surface area contributed by atoms with E-state index in [1.165, 1.54) is 12.1 Å². The zero-order chi connectivity index (χ0) is 17.8. The van der Waals surface area contributed by atoms with E-state index < -0.39 is 17.5 Å². The third-order valence-corrected chi connectivity index (χ3v) is 3.79. The summed E-state index contributed by atoms with van der Waals surface area (Å²) in [4.78, 5) is 0. The van der Waals surface area contributed by atoms with Crippen molar-refractivity contribution in [2.75, 3.05) is 13.2 Å². The Labute approximate surface area is 140 Å². The van der Waals surface area contributed by atoms with Crippen molar-refractivity contribution < 1.29 is 22.6 Å². The van der Waals surface area contributed by atoms with Gasteiger partial charge in [-0.2, -0.15) is 13.2 Å². The van der Waals surface area contributed by atoms with E-state index in [2.05, 4.69) is 0 Å². The van der Waals surface area contributed by atoms with Crippen molar-refractivity contribution in [1.82, 2.24) is 0 Å². The van der Waals surface area contributed by atoms with Crippen LogP contribution in [0.3, 0.4) is 0 Å². The fourth-order valence-corrected chi connectivity index (χ4v) is 2.58. The van der Waals surface area contributed by atoms with Crippen LogP contribution in [0.4, 0.5) is 13.2 Å². The van der Waals surface area contributed by atoms with Crippen molar-refractivity contribution in [2.45, 2.75) is 32.7 Å². The highest BCUT2D eigenvalue weighted by Gasteiger charge is 2.30. The second-order valence-electron chi connectivity index (χ2n) is 5.46. The molecule has 2 aromatic rings. The summed E-state index contributed by atoms with van der Waals surface area (Å²) in [6.07, 6.45) is -4.32. The minimum atomic E-state index is -4.32. The van der Waals surface area contributed by atoms with Crippen molar-refractivity contribution in [1.29, 1.82) is 0 Å². The zero-order valence-electron chi connectivity index (χ0n) is 14.0. The van der Waals surface area contributed by atoms with Crippen LogP contribution in [-0.4, -0.2) is 13.2 Å². The van der Waals surface area contributed by atoms with Gasteiger partial charge < -0.3 is 9.47 Å². The van der Waals surface area contributed by atoms with Gasteiger partial charge in [-0.3, -0.25) is 0 Å². The molecular formula is C19H21F3O2.